The van der Waals surface area contributed by atoms with Crippen LogP contribution in [0.5, 0.6) is 28.7 Å². The maximum Gasteiger partial charge on any atom is 0.316 e. The van der Waals surface area contributed by atoms with Gasteiger partial charge >= 0.3 is 11.9 Å². The first-order valence-corrected chi connectivity index (χ1v) is 25.4. The number of aliphatic hydroxyl groups is 1. The predicted molar refractivity (Wildman–Crippen MR) is 277 cm³/mol. The first-order chi connectivity index (χ1) is 34.9. The van der Waals surface area contributed by atoms with Crippen molar-refractivity contribution in [1.29, 1.82) is 0 Å². The molecule has 0 saturated heterocycles. The average Bonchev–Trinajstić information content (AvgIpc) is 3.88. The standard InChI is InChI=1S/C61H65NO10/c1-36(64)71-56-31-45(72-59(68)60(20-8-9-21-60)43-17-15-40-24-44(65)29-47(46(40)28-43)39-14-10-13-38(23-39)34-62-2)30-50-48-33-58(70-4)54(66)26-41(48)16-18-51(50)61(22-19-37-11-6-5-7-12-37)52(56)25-42-27-57(69-3)55(67)32-49(42)53(61)35-63/h5-7,10-15,17,19,22-24,26-29,32-33,45,50-53,56,62-63,65-67H,8-9,16,18,20-21,25,30-31,34-35H2,1-4H3/b22-19+/t45-,50-,51-,52+,53+,56+,61-/m0/s1. The number of hydrogen-bond acceptors (Lipinski definition) is 11. The second kappa shape index (κ2) is 20.0. The third-order valence-corrected chi connectivity index (χ3v) is 16.8. The number of aliphatic hydroxyl groups excluding tert-OH is 1. The largest absolute Gasteiger partial charge is 0.508 e. The van der Waals surface area contributed by atoms with E-state index >= 15 is 4.79 Å². The molecule has 2 fully saturated rings. The maximum absolute atomic E-state index is 15.6. The molecule has 0 aromatic heterocycles. The highest BCUT2D eigenvalue weighted by Crippen LogP contribution is 2.65. The predicted octanol–water partition coefficient (Wildman–Crippen LogP) is 10.8. The molecule has 0 unspecified atom stereocenters. The number of phenolic OH excluding ortho intramolecular Hbond substituents is 3. The van der Waals surface area contributed by atoms with Gasteiger partial charge in [-0.1, -0.05) is 85.7 Å². The number of carbonyl (C=O) groups excluding carboxylic acids is 2. The summed E-state index contributed by atoms with van der Waals surface area (Å²) < 4.78 is 25.0. The van der Waals surface area contributed by atoms with Crippen molar-refractivity contribution < 1.29 is 49.0 Å². The molecule has 0 spiro atoms. The summed E-state index contributed by atoms with van der Waals surface area (Å²) in [5.74, 6) is -1.52. The lowest BCUT2D eigenvalue weighted by atomic mass is 9.46. The van der Waals surface area contributed by atoms with Gasteiger partial charge in [-0.15, -0.1) is 0 Å². The molecule has 72 heavy (non-hydrogen) atoms. The van der Waals surface area contributed by atoms with Gasteiger partial charge in [0.25, 0.3) is 0 Å². The van der Waals surface area contributed by atoms with Gasteiger partial charge in [0.2, 0.25) is 0 Å². The van der Waals surface area contributed by atoms with Crippen molar-refractivity contribution in [3.05, 3.63) is 154 Å². The van der Waals surface area contributed by atoms with Gasteiger partial charge in [0.05, 0.1) is 26.2 Å². The lowest BCUT2D eigenvalue weighted by molar-refractivity contribution is -0.169. The first kappa shape index (κ1) is 48.8. The number of rotatable bonds is 12. The van der Waals surface area contributed by atoms with Crippen molar-refractivity contribution in [2.45, 2.75) is 101 Å². The zero-order valence-electron chi connectivity index (χ0n) is 41.5. The van der Waals surface area contributed by atoms with Crippen LogP contribution >= 0.6 is 0 Å². The maximum atomic E-state index is 15.6. The van der Waals surface area contributed by atoms with E-state index in [1.807, 2.05) is 73.8 Å². The normalized spacial score (nSPS) is 24.2. The zero-order valence-corrected chi connectivity index (χ0v) is 41.5. The van der Waals surface area contributed by atoms with Crippen LogP contribution in [0, 0.1) is 17.3 Å². The summed E-state index contributed by atoms with van der Waals surface area (Å²) in [4.78, 5) is 29.2. The highest BCUT2D eigenvalue weighted by atomic mass is 16.6. The number of esters is 2. The highest BCUT2D eigenvalue weighted by molar-refractivity contribution is 5.99. The van der Waals surface area contributed by atoms with E-state index in [4.69, 9.17) is 18.9 Å². The molecule has 0 amide bonds. The second-order valence-corrected chi connectivity index (χ2v) is 20.6. The molecule has 7 atom stereocenters. The number of ether oxygens (including phenoxy) is 4. The van der Waals surface area contributed by atoms with Crippen molar-refractivity contribution in [2.75, 3.05) is 27.9 Å². The van der Waals surface area contributed by atoms with Gasteiger partial charge in [-0.25, -0.2) is 0 Å². The van der Waals surface area contributed by atoms with Gasteiger partial charge in [0.15, 0.2) is 23.0 Å². The highest BCUT2D eigenvalue weighted by Gasteiger charge is 2.60. The summed E-state index contributed by atoms with van der Waals surface area (Å²) in [6.45, 7) is 1.83. The fourth-order valence-electron chi connectivity index (χ4n) is 13.6. The van der Waals surface area contributed by atoms with Crippen LogP contribution in [0.4, 0.5) is 0 Å². The van der Waals surface area contributed by atoms with Gasteiger partial charge in [0, 0.05) is 37.1 Å². The van der Waals surface area contributed by atoms with E-state index in [2.05, 4.69) is 35.7 Å². The first-order valence-electron chi connectivity index (χ1n) is 25.4. The minimum atomic E-state index is -0.970. The van der Waals surface area contributed by atoms with Crippen LogP contribution in [0.3, 0.4) is 0 Å². The molecule has 0 aliphatic heterocycles. The molecule has 2 saturated carbocycles. The second-order valence-electron chi connectivity index (χ2n) is 20.6. The Morgan fingerprint density at radius 1 is 0.778 bits per heavy atom. The molecule has 0 heterocycles. The average molecular weight is 972 g/mol. The van der Waals surface area contributed by atoms with Crippen molar-refractivity contribution in [3.63, 3.8) is 0 Å². The Hall–Kier alpha value is -6.82. The number of methoxy groups -OCH3 is 2. The lowest BCUT2D eigenvalue weighted by Crippen LogP contribution is -2.56. The Kier molecular flexibility index (Phi) is 13.6. The van der Waals surface area contributed by atoms with E-state index in [0.29, 0.717) is 56.6 Å². The molecular formula is C61H65NO10. The van der Waals surface area contributed by atoms with E-state index in [0.717, 1.165) is 73.7 Å². The molecular weight excluding hydrogens is 907 g/mol. The molecule has 6 aromatic rings. The number of carbonyl (C=O) groups is 2. The van der Waals surface area contributed by atoms with Gasteiger partial charge in [-0.3, -0.25) is 9.59 Å². The molecule has 0 bridgehead atoms. The van der Waals surface area contributed by atoms with Crippen LogP contribution in [0.15, 0.2) is 115 Å². The Labute approximate surface area is 421 Å². The van der Waals surface area contributed by atoms with Crippen molar-refractivity contribution >= 4 is 28.8 Å². The summed E-state index contributed by atoms with van der Waals surface area (Å²) in [6.07, 6.45) is 7.91. The molecule has 6 aromatic carbocycles. The number of aryl methyl sites for hydroxylation is 1. The van der Waals surface area contributed by atoms with E-state index in [1.54, 1.807) is 24.3 Å². The fourth-order valence-corrected chi connectivity index (χ4v) is 13.6. The number of allylic oxidation sites excluding steroid dienone is 1. The summed E-state index contributed by atoms with van der Waals surface area (Å²) in [6, 6.07) is 35.2. The van der Waals surface area contributed by atoms with Crippen LogP contribution in [0.1, 0.15) is 103 Å². The Bertz CT molecular complexity index is 3030. The smallest absolute Gasteiger partial charge is 0.316 e. The van der Waals surface area contributed by atoms with Gasteiger partial charge < -0.3 is 44.7 Å². The third-order valence-electron chi connectivity index (χ3n) is 16.8. The van der Waals surface area contributed by atoms with Crippen LogP contribution in [-0.2, 0) is 43.9 Å². The molecule has 0 radical (unpaired) electrons. The monoisotopic (exact) mass is 971 g/mol. The minimum Gasteiger partial charge on any atom is -0.508 e. The number of nitrogens with one attached hydrogen (secondary N) is 1. The minimum absolute atomic E-state index is 0.0317. The topological polar surface area (TPSA) is 164 Å². The number of phenols is 3. The van der Waals surface area contributed by atoms with Crippen molar-refractivity contribution in [3.8, 4) is 39.9 Å². The number of hydrogen-bond donors (Lipinski definition) is 5. The summed E-state index contributed by atoms with van der Waals surface area (Å²) in [5.41, 5.74) is 6.50. The van der Waals surface area contributed by atoms with E-state index in [9.17, 15) is 25.2 Å². The van der Waals surface area contributed by atoms with Crippen LogP contribution < -0.4 is 14.8 Å². The number of fused-ring (bicyclic) bond motifs is 7. The SMILES string of the molecule is CNCc1cccc(-c2cc(O)cc3ccc(C4(C(=O)O[C@@H]5C[C@@H](OC(C)=O)[C@H]6Cc7cc(OC)c(O)cc7[C@@H](CO)[C@@]6(/C=C/c6ccccc6)[C@H]6CCc7cc(O)c(OC)cc7[C@@H]6C5)CCCC4)cc23)c1. The third kappa shape index (κ3) is 8.74. The number of benzene rings is 6. The summed E-state index contributed by atoms with van der Waals surface area (Å²) in [7, 11) is 4.96. The van der Waals surface area contributed by atoms with Gasteiger partial charge in [-0.05, 0) is 167 Å². The van der Waals surface area contributed by atoms with E-state index in [-0.39, 0.29) is 48.1 Å². The van der Waals surface area contributed by atoms with Gasteiger partial charge in [0.1, 0.15) is 18.0 Å². The lowest BCUT2D eigenvalue weighted by Gasteiger charge is -2.59. The molecule has 4 aliphatic rings. The van der Waals surface area contributed by atoms with E-state index in [1.165, 1.54) is 21.1 Å². The van der Waals surface area contributed by atoms with Crippen LogP contribution in [0.2, 0.25) is 0 Å². The quantitative estimate of drug-likeness (QED) is 0.0742. The van der Waals surface area contributed by atoms with Gasteiger partial charge in [-0.2, -0.15) is 0 Å². The fraction of sp³-hybridized carbons (Fsp3) is 0.377. The molecule has 11 nitrogen and oxygen atoms in total. The van der Waals surface area contributed by atoms with E-state index < -0.39 is 40.8 Å². The molecule has 5 N–H and O–H groups in total. The molecule has 4 aliphatic carbocycles. The molecule has 374 valence electrons. The number of aromatic hydroxyl groups is 3. The Balaban J connectivity index is 1.13. The Morgan fingerprint density at radius 3 is 2.28 bits per heavy atom. The van der Waals surface area contributed by atoms with Crippen LogP contribution in [-0.4, -0.2) is 72.4 Å². The Morgan fingerprint density at radius 2 is 1.54 bits per heavy atom. The zero-order chi connectivity index (χ0) is 50.3. The van der Waals surface area contributed by atoms with Crippen molar-refractivity contribution in [1.82, 2.24) is 5.32 Å². The summed E-state index contributed by atoms with van der Waals surface area (Å²) in [5, 5.41) is 50.4. The molecule has 10 rings (SSSR count). The van der Waals surface area contributed by atoms with Crippen molar-refractivity contribution in [2.24, 2.45) is 17.3 Å². The summed E-state index contributed by atoms with van der Waals surface area (Å²) >= 11 is 0. The van der Waals surface area contributed by atoms with Crippen LogP contribution in [0.25, 0.3) is 28.0 Å². The molecule has 11 heteroatoms.